The molecule has 1 aliphatic carbocycles. The number of nitrogens with one attached hydrogen (secondary N) is 1. The minimum absolute atomic E-state index is 0.137. The summed E-state index contributed by atoms with van der Waals surface area (Å²) < 4.78 is 11.1. The zero-order valence-corrected chi connectivity index (χ0v) is 20.4. The van der Waals surface area contributed by atoms with Gasteiger partial charge in [0.2, 0.25) is 5.91 Å². The number of esters is 1. The molecular weight excluding hydrogens is 438 g/mol. The molecule has 176 valence electrons. The molecule has 2 aromatic carbocycles. The van der Waals surface area contributed by atoms with Crippen LogP contribution in [0, 0.1) is 13.8 Å². The lowest BCUT2D eigenvalue weighted by molar-refractivity contribution is -0.155. The predicted molar refractivity (Wildman–Crippen MR) is 129 cm³/mol. The van der Waals surface area contributed by atoms with Crippen LogP contribution in [0.15, 0.2) is 36.4 Å². The van der Waals surface area contributed by atoms with Gasteiger partial charge in [-0.25, -0.2) is 4.79 Å². The molecular formula is C27H32ClNO4. The second kappa shape index (κ2) is 9.47. The highest BCUT2D eigenvalue weighted by Gasteiger charge is 2.50. The Kier molecular flexibility index (Phi) is 6.83. The standard InChI is InChI=1S/C27H32ClNO4/c1-18-5-10-22(20-6-8-21(28)9-7-20)19(2)23(18)17-24(30)29-27(25(31)32-3)14-12-26(13-15-27)11-4-16-33-26/h5-10H,4,11-17H2,1-3H3,(H,29,30). The molecule has 0 bridgehead atoms. The lowest BCUT2D eigenvalue weighted by Gasteiger charge is -2.43. The molecule has 2 aromatic rings. The van der Waals surface area contributed by atoms with Crippen LogP contribution in [-0.2, 0) is 25.5 Å². The lowest BCUT2D eigenvalue weighted by atomic mass is 9.72. The summed E-state index contributed by atoms with van der Waals surface area (Å²) in [7, 11) is 1.39. The van der Waals surface area contributed by atoms with Gasteiger partial charge >= 0.3 is 5.97 Å². The van der Waals surface area contributed by atoms with Crippen LogP contribution in [0.25, 0.3) is 11.1 Å². The fourth-order valence-electron chi connectivity index (χ4n) is 5.44. The Labute approximate surface area is 200 Å². The summed E-state index contributed by atoms with van der Waals surface area (Å²) in [6.45, 7) is 4.83. The molecule has 5 nitrogen and oxygen atoms in total. The minimum atomic E-state index is -0.987. The Bertz CT molecular complexity index is 1030. The maximum absolute atomic E-state index is 13.2. The normalized spacial score (nSPS) is 24.6. The molecule has 0 atom stereocenters. The molecule has 0 unspecified atom stereocenters. The van der Waals surface area contributed by atoms with Crippen molar-refractivity contribution in [1.82, 2.24) is 5.32 Å². The van der Waals surface area contributed by atoms with Gasteiger partial charge in [-0.2, -0.15) is 0 Å². The van der Waals surface area contributed by atoms with E-state index in [4.69, 9.17) is 21.1 Å². The summed E-state index contributed by atoms with van der Waals surface area (Å²) in [5.41, 5.74) is 4.09. The van der Waals surface area contributed by atoms with Gasteiger partial charge in [0.25, 0.3) is 0 Å². The van der Waals surface area contributed by atoms with Crippen LogP contribution in [0.3, 0.4) is 0 Å². The Morgan fingerprint density at radius 2 is 1.73 bits per heavy atom. The molecule has 2 fully saturated rings. The molecule has 0 aromatic heterocycles. The van der Waals surface area contributed by atoms with Gasteiger partial charge in [-0.15, -0.1) is 0 Å². The molecule has 1 saturated heterocycles. The van der Waals surface area contributed by atoms with E-state index in [1.165, 1.54) is 7.11 Å². The van der Waals surface area contributed by atoms with Gasteiger partial charge in [-0.3, -0.25) is 4.79 Å². The molecule has 4 rings (SSSR count). The number of hydrogen-bond acceptors (Lipinski definition) is 4. The van der Waals surface area contributed by atoms with Crippen molar-refractivity contribution in [3.63, 3.8) is 0 Å². The van der Waals surface area contributed by atoms with E-state index in [-0.39, 0.29) is 23.9 Å². The van der Waals surface area contributed by atoms with E-state index < -0.39 is 5.54 Å². The summed E-state index contributed by atoms with van der Waals surface area (Å²) >= 11 is 6.05. The first-order valence-corrected chi connectivity index (χ1v) is 12.0. The van der Waals surface area contributed by atoms with E-state index in [2.05, 4.69) is 11.4 Å². The van der Waals surface area contributed by atoms with Crippen LogP contribution in [0.4, 0.5) is 0 Å². The monoisotopic (exact) mass is 469 g/mol. The maximum Gasteiger partial charge on any atom is 0.331 e. The number of carbonyl (C=O) groups excluding carboxylic acids is 2. The van der Waals surface area contributed by atoms with Crippen LogP contribution >= 0.6 is 11.6 Å². The topological polar surface area (TPSA) is 64.6 Å². The molecule has 1 heterocycles. The van der Waals surface area contributed by atoms with E-state index >= 15 is 0 Å². The highest BCUT2D eigenvalue weighted by atomic mass is 35.5. The highest BCUT2D eigenvalue weighted by molar-refractivity contribution is 6.30. The van der Waals surface area contributed by atoms with Gasteiger partial charge in [0, 0.05) is 11.6 Å². The van der Waals surface area contributed by atoms with Crippen molar-refractivity contribution in [1.29, 1.82) is 0 Å². The predicted octanol–water partition coefficient (Wildman–Crippen LogP) is 5.32. The van der Waals surface area contributed by atoms with Crippen molar-refractivity contribution in [3.05, 3.63) is 58.1 Å². The van der Waals surface area contributed by atoms with Crippen molar-refractivity contribution >= 4 is 23.5 Å². The quantitative estimate of drug-likeness (QED) is 0.602. The molecule has 33 heavy (non-hydrogen) atoms. The summed E-state index contributed by atoms with van der Waals surface area (Å²) in [5, 5.41) is 3.76. The van der Waals surface area contributed by atoms with Crippen molar-refractivity contribution < 1.29 is 19.1 Å². The molecule has 0 radical (unpaired) electrons. The highest BCUT2D eigenvalue weighted by Crippen LogP contribution is 2.43. The zero-order chi connectivity index (χ0) is 23.6. The van der Waals surface area contributed by atoms with E-state index in [1.807, 2.05) is 44.2 Å². The van der Waals surface area contributed by atoms with E-state index in [1.54, 1.807) is 0 Å². The van der Waals surface area contributed by atoms with Gasteiger partial charge < -0.3 is 14.8 Å². The number of hydrogen-bond donors (Lipinski definition) is 1. The van der Waals surface area contributed by atoms with Crippen LogP contribution in [0.2, 0.25) is 5.02 Å². The first-order chi connectivity index (χ1) is 15.8. The fourth-order valence-corrected chi connectivity index (χ4v) is 5.56. The molecule has 2 aliphatic rings. The van der Waals surface area contributed by atoms with Crippen molar-refractivity contribution in [2.75, 3.05) is 13.7 Å². The second-order valence-electron chi connectivity index (χ2n) is 9.47. The van der Waals surface area contributed by atoms with Crippen molar-refractivity contribution in [2.45, 2.75) is 69.9 Å². The number of methoxy groups -OCH3 is 1. The lowest BCUT2D eigenvalue weighted by Crippen LogP contribution is -2.59. The van der Waals surface area contributed by atoms with Crippen molar-refractivity contribution in [3.8, 4) is 11.1 Å². The van der Waals surface area contributed by atoms with Gasteiger partial charge in [0.15, 0.2) is 0 Å². The van der Waals surface area contributed by atoms with Gasteiger partial charge in [-0.1, -0.05) is 35.9 Å². The molecule has 1 N–H and O–H groups in total. The van der Waals surface area contributed by atoms with E-state index in [9.17, 15) is 9.59 Å². The number of amides is 1. The minimum Gasteiger partial charge on any atom is -0.467 e. The number of ether oxygens (including phenoxy) is 2. The number of carbonyl (C=O) groups is 2. The summed E-state index contributed by atoms with van der Waals surface area (Å²) in [6.07, 6.45) is 4.87. The summed E-state index contributed by atoms with van der Waals surface area (Å²) in [5.74, 6) is -0.532. The first kappa shape index (κ1) is 23.8. The SMILES string of the molecule is COC(=O)C1(NC(=O)Cc2c(C)ccc(-c3ccc(Cl)cc3)c2C)CCC2(CCCO2)CC1. The average molecular weight is 470 g/mol. The Morgan fingerprint density at radius 3 is 2.33 bits per heavy atom. The third-order valence-corrected chi connectivity index (χ3v) is 7.73. The summed E-state index contributed by atoms with van der Waals surface area (Å²) in [6, 6.07) is 11.8. The second-order valence-corrected chi connectivity index (χ2v) is 9.91. The number of aryl methyl sites for hydroxylation is 1. The van der Waals surface area contributed by atoms with E-state index in [0.717, 1.165) is 60.1 Å². The number of rotatable bonds is 5. The van der Waals surface area contributed by atoms with E-state index in [0.29, 0.717) is 17.9 Å². The average Bonchev–Trinajstić information content (AvgIpc) is 3.27. The van der Waals surface area contributed by atoms with Crippen molar-refractivity contribution in [2.24, 2.45) is 0 Å². The van der Waals surface area contributed by atoms with Crippen LogP contribution in [-0.4, -0.2) is 36.7 Å². The number of halogens is 1. The van der Waals surface area contributed by atoms with Crippen LogP contribution < -0.4 is 5.32 Å². The van der Waals surface area contributed by atoms with Crippen LogP contribution in [0.1, 0.15) is 55.2 Å². The Hall–Kier alpha value is -2.37. The summed E-state index contributed by atoms with van der Waals surface area (Å²) in [4.78, 5) is 26.0. The molecule has 1 aliphatic heterocycles. The van der Waals surface area contributed by atoms with Gasteiger partial charge in [-0.05, 0) is 92.3 Å². The molecule has 1 amide bonds. The number of benzene rings is 2. The fraction of sp³-hybridized carbons (Fsp3) is 0.481. The third-order valence-electron chi connectivity index (χ3n) is 7.48. The Balaban J connectivity index is 1.54. The molecule has 1 spiro atoms. The van der Waals surface area contributed by atoms with Gasteiger partial charge in [0.05, 0.1) is 19.1 Å². The van der Waals surface area contributed by atoms with Gasteiger partial charge in [0.1, 0.15) is 5.54 Å². The third kappa shape index (κ3) is 4.80. The maximum atomic E-state index is 13.2. The smallest absolute Gasteiger partial charge is 0.331 e. The van der Waals surface area contributed by atoms with Crippen LogP contribution in [0.5, 0.6) is 0 Å². The molecule has 6 heteroatoms. The molecule has 1 saturated carbocycles. The largest absolute Gasteiger partial charge is 0.467 e. The Morgan fingerprint density at radius 1 is 1.03 bits per heavy atom. The zero-order valence-electron chi connectivity index (χ0n) is 19.6. The first-order valence-electron chi connectivity index (χ1n) is 11.7.